The van der Waals surface area contributed by atoms with Crippen molar-refractivity contribution in [2.75, 3.05) is 0 Å². The summed E-state index contributed by atoms with van der Waals surface area (Å²) in [5.74, 6) is 0.665. The Morgan fingerprint density at radius 2 is 2.15 bits per heavy atom. The Labute approximate surface area is 123 Å². The van der Waals surface area contributed by atoms with E-state index < -0.39 is 0 Å². The van der Waals surface area contributed by atoms with E-state index in [1.165, 1.54) is 31.4 Å². The molecular weight excluding hydrogens is 271 g/mol. The second-order valence-electron chi connectivity index (χ2n) is 5.42. The van der Waals surface area contributed by atoms with Gasteiger partial charge < -0.3 is 5.32 Å². The van der Waals surface area contributed by atoms with Gasteiger partial charge in [-0.2, -0.15) is 0 Å². The number of rotatable bonds is 6. The Kier molecular flexibility index (Phi) is 4.13. The summed E-state index contributed by atoms with van der Waals surface area (Å²) in [5, 5.41) is 6.61. The number of halogens is 1. The maximum atomic E-state index is 12.9. The van der Waals surface area contributed by atoms with Gasteiger partial charge in [0.25, 0.3) is 0 Å². The molecule has 106 valence electrons. The van der Waals surface area contributed by atoms with Gasteiger partial charge in [-0.15, -0.1) is 11.3 Å². The molecule has 0 radical (unpaired) electrons. The fourth-order valence-corrected chi connectivity index (χ4v) is 3.36. The third kappa shape index (κ3) is 3.25. The molecule has 0 bridgehead atoms. The monoisotopic (exact) mass is 290 g/mol. The summed E-state index contributed by atoms with van der Waals surface area (Å²) in [6, 6.07) is 7.21. The quantitative estimate of drug-likeness (QED) is 0.861. The first-order valence-corrected chi connectivity index (χ1v) is 8.08. The van der Waals surface area contributed by atoms with Gasteiger partial charge >= 0.3 is 0 Å². The number of hydrogen-bond acceptors (Lipinski definition) is 3. The summed E-state index contributed by atoms with van der Waals surface area (Å²) in [6.07, 6.45) is 3.91. The van der Waals surface area contributed by atoms with Gasteiger partial charge in [0.1, 0.15) is 10.8 Å². The molecule has 0 saturated heterocycles. The average Bonchev–Trinajstić information content (AvgIpc) is 3.02. The van der Waals surface area contributed by atoms with Crippen molar-refractivity contribution in [1.82, 2.24) is 10.3 Å². The first kappa shape index (κ1) is 13.7. The highest BCUT2D eigenvalue weighted by molar-refractivity contribution is 7.13. The molecule has 1 aromatic heterocycles. The number of hydrogen-bond donors (Lipinski definition) is 1. The molecule has 1 heterocycles. The molecule has 1 saturated carbocycles. The van der Waals surface area contributed by atoms with Crippen molar-refractivity contribution in [1.29, 1.82) is 0 Å². The van der Waals surface area contributed by atoms with E-state index in [2.05, 4.69) is 22.6 Å². The van der Waals surface area contributed by atoms with Crippen molar-refractivity contribution in [3.8, 4) is 10.6 Å². The van der Waals surface area contributed by atoms with Crippen molar-refractivity contribution in [2.24, 2.45) is 5.92 Å². The van der Waals surface area contributed by atoms with Crippen LogP contribution in [0.4, 0.5) is 4.39 Å². The third-order valence-electron chi connectivity index (χ3n) is 3.77. The van der Waals surface area contributed by atoms with Crippen LogP contribution in [0.2, 0.25) is 0 Å². The lowest BCUT2D eigenvalue weighted by Gasteiger charge is -2.01. The Balaban J connectivity index is 1.56. The average molecular weight is 290 g/mol. The zero-order chi connectivity index (χ0) is 13.9. The fraction of sp³-hybridized carbons (Fsp3) is 0.438. The van der Waals surface area contributed by atoms with E-state index in [9.17, 15) is 4.39 Å². The lowest BCUT2D eigenvalue weighted by molar-refractivity contribution is 0.595. The summed E-state index contributed by atoms with van der Waals surface area (Å²) < 4.78 is 12.9. The van der Waals surface area contributed by atoms with Gasteiger partial charge in [0.15, 0.2) is 0 Å². The van der Waals surface area contributed by atoms with Crippen LogP contribution in [0, 0.1) is 11.7 Å². The summed E-state index contributed by atoms with van der Waals surface area (Å²) in [4.78, 5) is 4.61. The lowest BCUT2D eigenvalue weighted by Crippen LogP contribution is -2.17. The van der Waals surface area contributed by atoms with Crippen LogP contribution in [0.15, 0.2) is 29.6 Å². The maximum Gasteiger partial charge on any atom is 0.123 e. The number of benzene rings is 1. The largest absolute Gasteiger partial charge is 0.308 e. The van der Waals surface area contributed by atoms with Crippen LogP contribution in [0.1, 0.15) is 31.9 Å². The minimum absolute atomic E-state index is 0.206. The molecule has 0 spiro atoms. The van der Waals surface area contributed by atoms with Crippen LogP contribution in [0.3, 0.4) is 0 Å². The lowest BCUT2D eigenvalue weighted by atomic mass is 10.2. The van der Waals surface area contributed by atoms with Gasteiger partial charge in [0.2, 0.25) is 0 Å². The van der Waals surface area contributed by atoms with Crippen LogP contribution in [0.5, 0.6) is 0 Å². The first-order chi connectivity index (χ1) is 9.76. The topological polar surface area (TPSA) is 24.9 Å². The van der Waals surface area contributed by atoms with Gasteiger partial charge in [-0.3, -0.25) is 0 Å². The normalized spacial score (nSPS) is 21.1. The van der Waals surface area contributed by atoms with Gasteiger partial charge in [-0.1, -0.05) is 13.3 Å². The zero-order valence-corrected chi connectivity index (χ0v) is 12.4. The van der Waals surface area contributed by atoms with E-state index in [1.807, 2.05) is 0 Å². The zero-order valence-electron chi connectivity index (χ0n) is 11.6. The molecule has 1 N–H and O–H groups in total. The fourth-order valence-electron chi connectivity index (χ4n) is 2.54. The summed E-state index contributed by atoms with van der Waals surface area (Å²) in [7, 11) is 0. The highest BCUT2D eigenvalue weighted by Gasteiger charge is 2.35. The van der Waals surface area contributed by atoms with Gasteiger partial charge in [0, 0.05) is 23.5 Å². The minimum atomic E-state index is -0.206. The van der Waals surface area contributed by atoms with E-state index in [0.717, 1.165) is 28.7 Å². The van der Waals surface area contributed by atoms with Crippen LogP contribution in [0.25, 0.3) is 10.6 Å². The third-order valence-corrected chi connectivity index (χ3v) is 4.71. The smallest absolute Gasteiger partial charge is 0.123 e. The predicted octanol–water partition coefficient (Wildman–Crippen LogP) is 4.23. The molecule has 2 atom stereocenters. The summed E-state index contributed by atoms with van der Waals surface area (Å²) in [6.45, 7) is 3.08. The van der Waals surface area contributed by atoms with Gasteiger partial charge in [-0.25, -0.2) is 9.37 Å². The summed E-state index contributed by atoms with van der Waals surface area (Å²) >= 11 is 1.62. The van der Waals surface area contributed by atoms with E-state index >= 15 is 0 Å². The van der Waals surface area contributed by atoms with Crippen LogP contribution < -0.4 is 5.32 Å². The number of thiazole rings is 1. The maximum absolute atomic E-state index is 12.9. The molecule has 1 aliphatic rings. The molecule has 0 aliphatic heterocycles. The highest BCUT2D eigenvalue weighted by atomic mass is 32.1. The number of aromatic nitrogens is 1. The van der Waals surface area contributed by atoms with E-state index in [0.29, 0.717) is 6.04 Å². The van der Waals surface area contributed by atoms with E-state index in [4.69, 9.17) is 0 Å². The molecule has 1 fully saturated rings. The van der Waals surface area contributed by atoms with Crippen molar-refractivity contribution >= 4 is 11.3 Å². The number of nitrogens with one attached hydrogen (secondary N) is 1. The highest BCUT2D eigenvalue weighted by Crippen LogP contribution is 2.34. The minimum Gasteiger partial charge on any atom is -0.308 e. The molecule has 1 aromatic carbocycles. The molecule has 2 unspecified atom stereocenters. The Hall–Kier alpha value is -1.26. The van der Waals surface area contributed by atoms with Crippen LogP contribution >= 0.6 is 11.3 Å². The van der Waals surface area contributed by atoms with Crippen LogP contribution in [-0.2, 0) is 6.54 Å². The molecule has 2 aromatic rings. The Bertz CT molecular complexity index is 564. The van der Waals surface area contributed by atoms with Crippen molar-refractivity contribution in [3.63, 3.8) is 0 Å². The van der Waals surface area contributed by atoms with Gasteiger partial charge in [-0.05, 0) is 43.0 Å². The Morgan fingerprint density at radius 3 is 2.90 bits per heavy atom. The van der Waals surface area contributed by atoms with Crippen molar-refractivity contribution < 1.29 is 4.39 Å². The molecule has 20 heavy (non-hydrogen) atoms. The molecular formula is C16H19FN2S. The van der Waals surface area contributed by atoms with Crippen molar-refractivity contribution in [2.45, 2.75) is 38.8 Å². The molecule has 4 heteroatoms. The standard InChI is InChI=1S/C16H19FN2S/c1-2-3-12-8-15(12)18-9-14-10-20-16(19-14)11-4-6-13(17)7-5-11/h4-7,10,12,15,18H,2-3,8-9H2,1H3. The Morgan fingerprint density at radius 1 is 1.35 bits per heavy atom. The molecule has 2 nitrogen and oxygen atoms in total. The molecule has 3 rings (SSSR count). The van der Waals surface area contributed by atoms with Crippen molar-refractivity contribution in [3.05, 3.63) is 41.2 Å². The second-order valence-corrected chi connectivity index (χ2v) is 6.28. The SMILES string of the molecule is CCCC1CC1NCc1csc(-c2ccc(F)cc2)n1. The first-order valence-electron chi connectivity index (χ1n) is 7.20. The van der Waals surface area contributed by atoms with Crippen LogP contribution in [-0.4, -0.2) is 11.0 Å². The van der Waals surface area contributed by atoms with E-state index in [-0.39, 0.29) is 5.82 Å². The predicted molar refractivity (Wildman–Crippen MR) is 81.2 cm³/mol. The van der Waals surface area contributed by atoms with E-state index in [1.54, 1.807) is 23.5 Å². The number of nitrogens with zero attached hydrogens (tertiary/aromatic N) is 1. The van der Waals surface area contributed by atoms with Gasteiger partial charge in [0.05, 0.1) is 5.69 Å². The second kappa shape index (κ2) is 6.02. The molecule has 0 amide bonds. The summed E-state index contributed by atoms with van der Waals surface area (Å²) in [5.41, 5.74) is 2.06. The molecule has 1 aliphatic carbocycles.